The second-order valence-electron chi connectivity index (χ2n) is 7.69. The third-order valence-electron chi connectivity index (χ3n) is 5.80. The van der Waals surface area contributed by atoms with Crippen LogP contribution in [0.15, 0.2) is 53.4 Å². The first-order chi connectivity index (χ1) is 14.9. The highest BCUT2D eigenvalue weighted by atomic mass is 32.1. The number of hydrogen-bond acceptors (Lipinski definition) is 5. The zero-order valence-electron chi connectivity index (χ0n) is 17.2. The number of fused-ring (bicyclic) bond motifs is 1. The number of amides is 4. The summed E-state index contributed by atoms with van der Waals surface area (Å²) in [6.07, 6.45) is 0.612. The molecule has 2 aliphatic heterocycles. The van der Waals surface area contributed by atoms with Gasteiger partial charge in [0.1, 0.15) is 6.04 Å². The molecule has 2 aliphatic rings. The van der Waals surface area contributed by atoms with E-state index in [0.29, 0.717) is 54.2 Å². The average molecular weight is 438 g/mol. The van der Waals surface area contributed by atoms with Crippen molar-refractivity contribution in [1.29, 1.82) is 0 Å². The van der Waals surface area contributed by atoms with Crippen LogP contribution in [0.5, 0.6) is 0 Å². The first-order valence-electron chi connectivity index (χ1n) is 10.2. The van der Waals surface area contributed by atoms with Crippen molar-refractivity contribution in [2.24, 2.45) is 0 Å². The SMILES string of the molecule is CC(C(=O)N1CCCN(C(=O)c2ccccc2S)CC1)N1C(=O)c2ccccc2C1=O. The summed E-state index contributed by atoms with van der Waals surface area (Å²) in [6.45, 7) is 3.27. The molecule has 2 aromatic rings. The molecule has 31 heavy (non-hydrogen) atoms. The highest BCUT2D eigenvalue weighted by Gasteiger charge is 2.42. The highest BCUT2D eigenvalue weighted by Crippen LogP contribution is 2.25. The Labute approximate surface area is 186 Å². The molecule has 4 amide bonds. The van der Waals surface area contributed by atoms with Gasteiger partial charge in [-0.15, -0.1) is 12.6 Å². The summed E-state index contributed by atoms with van der Waals surface area (Å²) in [5, 5.41) is 0. The van der Waals surface area contributed by atoms with Crippen molar-refractivity contribution < 1.29 is 19.2 Å². The maximum absolute atomic E-state index is 13.1. The molecular formula is C23H23N3O4S. The molecule has 0 aromatic heterocycles. The van der Waals surface area contributed by atoms with Gasteiger partial charge in [-0.3, -0.25) is 24.1 Å². The zero-order valence-corrected chi connectivity index (χ0v) is 18.0. The van der Waals surface area contributed by atoms with Gasteiger partial charge in [-0.1, -0.05) is 24.3 Å². The number of hydrogen-bond donors (Lipinski definition) is 1. The molecule has 0 aliphatic carbocycles. The lowest BCUT2D eigenvalue weighted by molar-refractivity contribution is -0.134. The quantitative estimate of drug-likeness (QED) is 0.591. The number of nitrogens with zero attached hydrogens (tertiary/aromatic N) is 3. The molecule has 8 heteroatoms. The monoisotopic (exact) mass is 437 g/mol. The van der Waals surface area contributed by atoms with E-state index in [1.54, 1.807) is 59.2 Å². The number of benzene rings is 2. The van der Waals surface area contributed by atoms with Crippen LogP contribution >= 0.6 is 12.6 Å². The molecule has 1 atom stereocenters. The van der Waals surface area contributed by atoms with Crippen LogP contribution in [0.4, 0.5) is 0 Å². The lowest BCUT2D eigenvalue weighted by Crippen LogP contribution is -2.50. The lowest BCUT2D eigenvalue weighted by Gasteiger charge is -2.28. The van der Waals surface area contributed by atoms with E-state index < -0.39 is 17.9 Å². The van der Waals surface area contributed by atoms with Crippen LogP contribution in [0, 0.1) is 0 Å². The number of thiol groups is 1. The number of rotatable bonds is 3. The van der Waals surface area contributed by atoms with Gasteiger partial charge in [0.05, 0.1) is 16.7 Å². The second-order valence-corrected chi connectivity index (χ2v) is 8.17. The van der Waals surface area contributed by atoms with Gasteiger partial charge in [0.2, 0.25) is 5.91 Å². The first-order valence-corrected chi connectivity index (χ1v) is 10.7. The molecule has 1 fully saturated rings. The van der Waals surface area contributed by atoms with Crippen molar-refractivity contribution in [2.75, 3.05) is 26.2 Å². The standard InChI is InChI=1S/C23H23N3O4S/c1-15(26-22(29)16-7-2-3-8-17(16)23(26)30)20(27)24-11-6-12-25(14-13-24)21(28)18-9-4-5-10-19(18)31/h2-5,7-10,15,31H,6,11-14H2,1H3. The minimum absolute atomic E-state index is 0.117. The fourth-order valence-electron chi connectivity index (χ4n) is 4.10. The normalized spacial score (nSPS) is 17.4. The average Bonchev–Trinajstić information content (AvgIpc) is 2.93. The molecule has 1 unspecified atom stereocenters. The molecule has 2 heterocycles. The van der Waals surface area contributed by atoms with E-state index in [-0.39, 0.29) is 11.8 Å². The van der Waals surface area contributed by atoms with Gasteiger partial charge in [-0.2, -0.15) is 0 Å². The maximum Gasteiger partial charge on any atom is 0.262 e. The van der Waals surface area contributed by atoms with E-state index in [2.05, 4.69) is 12.6 Å². The van der Waals surface area contributed by atoms with Crippen molar-refractivity contribution in [3.8, 4) is 0 Å². The Morgan fingerprint density at radius 2 is 1.39 bits per heavy atom. The van der Waals surface area contributed by atoms with Gasteiger partial charge < -0.3 is 9.80 Å². The Balaban J connectivity index is 1.44. The topological polar surface area (TPSA) is 78.0 Å². The van der Waals surface area contributed by atoms with Crippen molar-refractivity contribution >= 4 is 36.3 Å². The van der Waals surface area contributed by atoms with Gasteiger partial charge in [0.25, 0.3) is 17.7 Å². The van der Waals surface area contributed by atoms with Crippen molar-refractivity contribution in [3.05, 3.63) is 65.2 Å². The van der Waals surface area contributed by atoms with E-state index in [1.807, 2.05) is 6.07 Å². The van der Waals surface area contributed by atoms with Gasteiger partial charge in [0, 0.05) is 31.1 Å². The summed E-state index contributed by atoms with van der Waals surface area (Å²) in [4.78, 5) is 56.4. The Morgan fingerprint density at radius 1 is 0.839 bits per heavy atom. The zero-order chi connectivity index (χ0) is 22.1. The van der Waals surface area contributed by atoms with Crippen LogP contribution in [0.25, 0.3) is 0 Å². The Morgan fingerprint density at radius 3 is 2.03 bits per heavy atom. The number of carbonyl (C=O) groups excluding carboxylic acids is 4. The Hall–Kier alpha value is -3.13. The summed E-state index contributed by atoms with van der Waals surface area (Å²) in [7, 11) is 0. The van der Waals surface area contributed by atoms with E-state index in [4.69, 9.17) is 0 Å². The molecule has 2 aromatic carbocycles. The molecule has 0 saturated carbocycles. The maximum atomic E-state index is 13.1. The molecule has 1 saturated heterocycles. The molecule has 4 rings (SSSR count). The van der Waals surface area contributed by atoms with Crippen molar-refractivity contribution in [3.63, 3.8) is 0 Å². The molecule has 0 radical (unpaired) electrons. The van der Waals surface area contributed by atoms with Gasteiger partial charge in [-0.25, -0.2) is 0 Å². The summed E-state index contributed by atoms with van der Waals surface area (Å²) in [5.41, 5.74) is 1.18. The fourth-order valence-corrected chi connectivity index (χ4v) is 4.36. The van der Waals surface area contributed by atoms with Crippen LogP contribution in [0.3, 0.4) is 0 Å². The van der Waals surface area contributed by atoms with Crippen LogP contribution in [-0.4, -0.2) is 70.5 Å². The summed E-state index contributed by atoms with van der Waals surface area (Å²) >= 11 is 4.37. The van der Waals surface area contributed by atoms with Crippen LogP contribution in [0.1, 0.15) is 44.4 Å². The molecule has 0 spiro atoms. The Kier molecular flexibility index (Phi) is 5.82. The third-order valence-corrected chi connectivity index (χ3v) is 6.19. The molecule has 160 valence electrons. The number of imide groups is 1. The van der Waals surface area contributed by atoms with E-state index >= 15 is 0 Å². The predicted molar refractivity (Wildman–Crippen MR) is 117 cm³/mol. The van der Waals surface area contributed by atoms with Crippen LogP contribution in [-0.2, 0) is 4.79 Å². The Bertz CT molecular complexity index is 1040. The summed E-state index contributed by atoms with van der Waals surface area (Å²) in [5.74, 6) is -1.30. The largest absolute Gasteiger partial charge is 0.339 e. The van der Waals surface area contributed by atoms with E-state index in [1.165, 1.54) is 0 Å². The van der Waals surface area contributed by atoms with Crippen LogP contribution in [0.2, 0.25) is 0 Å². The second kappa shape index (κ2) is 8.55. The molecule has 0 N–H and O–H groups in total. The molecule has 0 bridgehead atoms. The lowest BCUT2D eigenvalue weighted by atomic mass is 10.1. The molecule has 7 nitrogen and oxygen atoms in total. The summed E-state index contributed by atoms with van der Waals surface area (Å²) in [6, 6.07) is 12.8. The van der Waals surface area contributed by atoms with E-state index in [9.17, 15) is 19.2 Å². The minimum Gasteiger partial charge on any atom is -0.339 e. The fraction of sp³-hybridized carbons (Fsp3) is 0.304. The first kappa shape index (κ1) is 21.1. The smallest absolute Gasteiger partial charge is 0.262 e. The number of carbonyl (C=O) groups is 4. The highest BCUT2D eigenvalue weighted by molar-refractivity contribution is 7.80. The van der Waals surface area contributed by atoms with Crippen LogP contribution < -0.4 is 0 Å². The van der Waals surface area contributed by atoms with Gasteiger partial charge in [-0.05, 0) is 37.6 Å². The van der Waals surface area contributed by atoms with Gasteiger partial charge in [0.15, 0.2) is 0 Å². The van der Waals surface area contributed by atoms with E-state index in [0.717, 1.165) is 4.90 Å². The van der Waals surface area contributed by atoms with Crippen molar-refractivity contribution in [1.82, 2.24) is 14.7 Å². The molecular weight excluding hydrogens is 414 g/mol. The summed E-state index contributed by atoms with van der Waals surface area (Å²) < 4.78 is 0. The third kappa shape index (κ3) is 3.83. The van der Waals surface area contributed by atoms with Crippen molar-refractivity contribution in [2.45, 2.75) is 24.3 Å². The van der Waals surface area contributed by atoms with Gasteiger partial charge >= 0.3 is 0 Å². The predicted octanol–water partition coefficient (Wildman–Crippen LogP) is 2.33. The minimum atomic E-state index is -0.909.